The summed E-state index contributed by atoms with van der Waals surface area (Å²) in [6.07, 6.45) is 12.3. The highest BCUT2D eigenvalue weighted by Crippen LogP contribution is 2.58. The Hall–Kier alpha value is -2.76. The van der Waals surface area contributed by atoms with Gasteiger partial charge in [-0.15, -0.1) is 10.2 Å². The average Bonchev–Trinajstić information content (AvgIpc) is 3.19. The zero-order valence-corrected chi connectivity index (χ0v) is 16.6. The van der Waals surface area contributed by atoms with Gasteiger partial charge in [-0.1, -0.05) is 30.3 Å². The first kappa shape index (κ1) is 17.1. The second-order valence-corrected chi connectivity index (χ2v) is 9.00. The predicted molar refractivity (Wildman–Crippen MR) is 110 cm³/mol. The molecule has 0 N–H and O–H groups in total. The molecule has 2 saturated carbocycles. The minimum atomic E-state index is 0.116. The quantitative estimate of drug-likeness (QED) is 0.623. The lowest BCUT2D eigenvalue weighted by Gasteiger charge is -2.43. The van der Waals surface area contributed by atoms with E-state index in [4.69, 9.17) is 5.10 Å². The van der Waals surface area contributed by atoms with Gasteiger partial charge in [0.05, 0.1) is 5.54 Å². The van der Waals surface area contributed by atoms with Crippen LogP contribution in [0.3, 0.4) is 0 Å². The largest absolute Gasteiger partial charge is 0.331 e. The van der Waals surface area contributed by atoms with Crippen molar-refractivity contribution in [1.29, 1.82) is 0 Å². The zero-order valence-electron chi connectivity index (χ0n) is 16.6. The Morgan fingerprint density at radius 1 is 0.966 bits per heavy atom. The maximum absolute atomic E-state index is 4.75. The molecule has 29 heavy (non-hydrogen) atoms. The van der Waals surface area contributed by atoms with Gasteiger partial charge in [0.1, 0.15) is 12.2 Å². The molecule has 4 fully saturated rings. The van der Waals surface area contributed by atoms with Crippen molar-refractivity contribution in [3.05, 3.63) is 66.0 Å². The van der Waals surface area contributed by atoms with Crippen molar-refractivity contribution in [3.63, 3.8) is 0 Å². The normalized spacial score (nSPS) is 25.2. The molecule has 0 spiro atoms. The number of aromatic nitrogens is 5. The van der Waals surface area contributed by atoms with Crippen LogP contribution in [0.25, 0.3) is 0 Å². The molecule has 2 aliphatic carbocycles. The van der Waals surface area contributed by atoms with E-state index in [1.54, 1.807) is 6.33 Å². The molecule has 6 heteroatoms. The van der Waals surface area contributed by atoms with Crippen molar-refractivity contribution >= 4 is 5.95 Å². The van der Waals surface area contributed by atoms with Gasteiger partial charge in [0.2, 0.25) is 5.95 Å². The van der Waals surface area contributed by atoms with Gasteiger partial charge in [-0.25, -0.2) is 9.97 Å². The SMILES string of the molecule is c1ccc(C23CC(CN2c2nnc(CCc4cncnc4)n2CC2CC2)C3)cc1. The topological polar surface area (TPSA) is 59.7 Å². The minimum Gasteiger partial charge on any atom is -0.331 e. The Bertz CT molecular complexity index is 989. The molecule has 2 aromatic heterocycles. The molecule has 6 nitrogen and oxygen atoms in total. The van der Waals surface area contributed by atoms with E-state index in [1.165, 1.54) is 31.2 Å². The van der Waals surface area contributed by atoms with Crippen LogP contribution in [0, 0.1) is 11.8 Å². The molecule has 0 atom stereocenters. The first-order chi connectivity index (χ1) is 14.3. The summed E-state index contributed by atoms with van der Waals surface area (Å²) in [4.78, 5) is 10.9. The molecule has 4 heterocycles. The average molecular weight is 387 g/mol. The molecule has 148 valence electrons. The number of hydrogen-bond acceptors (Lipinski definition) is 5. The van der Waals surface area contributed by atoms with Crippen LogP contribution in [0.5, 0.6) is 0 Å². The molecule has 3 aromatic rings. The minimum absolute atomic E-state index is 0.116. The molecule has 4 aliphatic rings. The maximum Gasteiger partial charge on any atom is 0.227 e. The van der Waals surface area contributed by atoms with Crippen LogP contribution in [0.2, 0.25) is 0 Å². The Balaban J connectivity index is 1.32. The number of nitrogens with zero attached hydrogens (tertiary/aromatic N) is 6. The molecule has 2 saturated heterocycles. The van der Waals surface area contributed by atoms with Gasteiger partial charge in [0, 0.05) is 31.9 Å². The van der Waals surface area contributed by atoms with E-state index < -0.39 is 0 Å². The third kappa shape index (κ3) is 2.93. The summed E-state index contributed by atoms with van der Waals surface area (Å²) in [6.45, 7) is 2.15. The van der Waals surface area contributed by atoms with E-state index in [9.17, 15) is 0 Å². The van der Waals surface area contributed by atoms with Gasteiger partial charge in [-0.05, 0) is 55.1 Å². The van der Waals surface area contributed by atoms with Gasteiger partial charge in [-0.2, -0.15) is 0 Å². The van der Waals surface area contributed by atoms with Crippen LogP contribution in [-0.4, -0.2) is 31.3 Å². The Morgan fingerprint density at radius 2 is 1.76 bits per heavy atom. The van der Waals surface area contributed by atoms with Gasteiger partial charge in [0.15, 0.2) is 0 Å². The van der Waals surface area contributed by atoms with E-state index in [2.05, 4.69) is 54.9 Å². The summed E-state index contributed by atoms with van der Waals surface area (Å²) < 4.78 is 2.42. The van der Waals surface area contributed by atoms with Crippen molar-refractivity contribution in [2.75, 3.05) is 11.4 Å². The monoisotopic (exact) mass is 386 g/mol. The molecular weight excluding hydrogens is 360 g/mol. The molecule has 0 unspecified atom stereocenters. The zero-order chi connectivity index (χ0) is 19.3. The molecule has 1 aromatic carbocycles. The highest BCUT2D eigenvalue weighted by molar-refractivity contribution is 5.49. The molecular formula is C23H26N6. The van der Waals surface area contributed by atoms with Gasteiger partial charge in [-0.3, -0.25) is 4.57 Å². The summed E-state index contributed by atoms with van der Waals surface area (Å²) in [5.41, 5.74) is 2.70. The second-order valence-electron chi connectivity index (χ2n) is 9.00. The van der Waals surface area contributed by atoms with Crippen LogP contribution in [-0.2, 0) is 24.9 Å². The smallest absolute Gasteiger partial charge is 0.227 e. The number of hydrogen-bond donors (Lipinski definition) is 0. The van der Waals surface area contributed by atoms with E-state index in [1.807, 2.05) is 12.4 Å². The molecule has 0 radical (unpaired) electrons. The summed E-state index contributed by atoms with van der Waals surface area (Å²) >= 11 is 0. The number of fused-ring (bicyclic) bond motifs is 1. The Labute approximate surface area is 171 Å². The lowest BCUT2D eigenvalue weighted by Crippen LogP contribution is -2.44. The van der Waals surface area contributed by atoms with Gasteiger partial charge in [0.25, 0.3) is 0 Å². The van der Waals surface area contributed by atoms with Crippen LogP contribution in [0.4, 0.5) is 5.95 Å². The number of aryl methyl sites for hydroxylation is 2. The summed E-state index contributed by atoms with van der Waals surface area (Å²) in [7, 11) is 0. The van der Waals surface area contributed by atoms with Crippen LogP contribution < -0.4 is 4.90 Å². The molecule has 7 rings (SSSR count). The van der Waals surface area contributed by atoms with E-state index in [0.29, 0.717) is 0 Å². The van der Waals surface area contributed by atoms with Crippen molar-refractivity contribution in [2.24, 2.45) is 11.8 Å². The van der Waals surface area contributed by atoms with Crippen LogP contribution in [0.1, 0.15) is 42.6 Å². The van der Waals surface area contributed by atoms with Crippen molar-refractivity contribution < 1.29 is 0 Å². The van der Waals surface area contributed by atoms with Crippen LogP contribution in [0.15, 0.2) is 49.1 Å². The van der Waals surface area contributed by atoms with Gasteiger partial charge >= 0.3 is 0 Å². The van der Waals surface area contributed by atoms with E-state index >= 15 is 0 Å². The Kier molecular flexibility index (Phi) is 3.93. The van der Waals surface area contributed by atoms with Crippen molar-refractivity contribution in [2.45, 2.75) is 50.6 Å². The fourth-order valence-electron chi connectivity index (χ4n) is 5.26. The van der Waals surface area contributed by atoms with Crippen LogP contribution >= 0.6 is 0 Å². The lowest BCUT2D eigenvalue weighted by molar-refractivity contribution is 0.245. The third-order valence-electron chi connectivity index (χ3n) is 6.96. The van der Waals surface area contributed by atoms with Crippen molar-refractivity contribution in [3.8, 4) is 0 Å². The fourth-order valence-corrected chi connectivity index (χ4v) is 5.26. The fraction of sp³-hybridized carbons (Fsp3) is 0.478. The van der Waals surface area contributed by atoms with E-state index in [0.717, 1.165) is 55.1 Å². The summed E-state index contributed by atoms with van der Waals surface area (Å²) in [6, 6.07) is 11.0. The highest BCUT2D eigenvalue weighted by atomic mass is 15.4. The number of rotatable bonds is 7. The molecule has 2 aliphatic heterocycles. The number of benzene rings is 1. The Morgan fingerprint density at radius 3 is 2.52 bits per heavy atom. The second kappa shape index (κ2) is 6.65. The van der Waals surface area contributed by atoms with Gasteiger partial charge < -0.3 is 4.90 Å². The highest BCUT2D eigenvalue weighted by Gasteiger charge is 2.58. The maximum atomic E-state index is 4.75. The third-order valence-corrected chi connectivity index (χ3v) is 6.96. The molecule has 0 amide bonds. The first-order valence-corrected chi connectivity index (χ1v) is 10.8. The lowest BCUT2D eigenvalue weighted by atomic mass is 9.69. The first-order valence-electron chi connectivity index (χ1n) is 10.8. The number of anilines is 1. The predicted octanol–water partition coefficient (Wildman–Crippen LogP) is 3.39. The molecule has 2 bridgehead atoms. The summed E-state index contributed by atoms with van der Waals surface area (Å²) in [5, 5.41) is 9.41. The standard InChI is InChI=1S/C23H26N6/c1-2-4-20(5-3-1)23-10-19(11-23)15-29(23)22-27-26-21(28(22)14-17-6-7-17)9-8-18-12-24-16-25-13-18/h1-5,12-13,16-17,19H,6-11,14-15H2. The summed E-state index contributed by atoms with van der Waals surface area (Å²) in [5.74, 6) is 3.75. The van der Waals surface area contributed by atoms with E-state index in [-0.39, 0.29) is 5.54 Å². The van der Waals surface area contributed by atoms with Crippen molar-refractivity contribution in [1.82, 2.24) is 24.7 Å².